The molecule has 0 radical (unpaired) electrons. The second-order valence-corrected chi connectivity index (χ2v) is 5.68. The van der Waals surface area contributed by atoms with Crippen molar-refractivity contribution in [3.63, 3.8) is 0 Å². The van der Waals surface area contributed by atoms with Crippen LogP contribution in [0.2, 0.25) is 0 Å². The average molecular weight is 243 g/mol. The smallest absolute Gasteiger partial charge is 0.165 e. The second kappa shape index (κ2) is 3.67. The van der Waals surface area contributed by atoms with Gasteiger partial charge in [-0.25, -0.2) is 15.0 Å². The van der Waals surface area contributed by atoms with E-state index in [9.17, 15) is 0 Å². The fraction of sp³-hybridized carbons (Fsp3) is 0.615. The van der Waals surface area contributed by atoms with Crippen molar-refractivity contribution in [2.75, 3.05) is 5.32 Å². The molecule has 2 saturated carbocycles. The third-order valence-electron chi connectivity index (χ3n) is 4.56. The summed E-state index contributed by atoms with van der Waals surface area (Å²) in [6.45, 7) is 0. The normalized spacial score (nSPS) is 30.2. The SMILES string of the molecule is Cn1cnc2c(N[C@@H]3CC4CCC3C4)ncnc21. The van der Waals surface area contributed by atoms with Crippen LogP contribution < -0.4 is 5.32 Å². The first-order chi connectivity index (χ1) is 8.81. The van der Waals surface area contributed by atoms with Crippen LogP contribution in [-0.2, 0) is 7.05 Å². The first-order valence-electron chi connectivity index (χ1n) is 6.70. The minimum Gasteiger partial charge on any atom is -0.365 e. The number of fused-ring (bicyclic) bond motifs is 3. The number of aromatic nitrogens is 4. The van der Waals surface area contributed by atoms with E-state index in [1.807, 2.05) is 11.6 Å². The Labute approximate surface area is 106 Å². The van der Waals surface area contributed by atoms with Gasteiger partial charge >= 0.3 is 0 Å². The van der Waals surface area contributed by atoms with Gasteiger partial charge in [-0.1, -0.05) is 6.42 Å². The molecule has 0 saturated heterocycles. The quantitative estimate of drug-likeness (QED) is 0.876. The Kier molecular flexibility index (Phi) is 2.10. The molecule has 4 rings (SSSR count). The zero-order valence-electron chi connectivity index (χ0n) is 10.5. The van der Waals surface area contributed by atoms with Crippen LogP contribution in [0.25, 0.3) is 11.2 Å². The van der Waals surface area contributed by atoms with Crippen molar-refractivity contribution in [3.8, 4) is 0 Å². The summed E-state index contributed by atoms with van der Waals surface area (Å²) >= 11 is 0. The van der Waals surface area contributed by atoms with Crippen LogP contribution in [0.15, 0.2) is 12.7 Å². The standard InChI is InChI=1S/C13H17N5/c1-18-7-16-11-12(14-6-15-13(11)18)17-10-5-8-2-3-9(10)4-8/h6-10H,2-5H2,1H3,(H,14,15,17)/t8?,9?,10-/m1/s1. The van der Waals surface area contributed by atoms with Crippen molar-refractivity contribution >= 4 is 17.0 Å². The van der Waals surface area contributed by atoms with Crippen molar-refractivity contribution in [2.45, 2.75) is 31.7 Å². The van der Waals surface area contributed by atoms with Gasteiger partial charge in [0.05, 0.1) is 6.33 Å². The maximum absolute atomic E-state index is 4.40. The summed E-state index contributed by atoms with van der Waals surface area (Å²) < 4.78 is 1.93. The second-order valence-electron chi connectivity index (χ2n) is 5.68. The van der Waals surface area contributed by atoms with Crippen molar-refractivity contribution in [2.24, 2.45) is 18.9 Å². The molecule has 2 bridgehead atoms. The van der Waals surface area contributed by atoms with E-state index < -0.39 is 0 Å². The molecule has 2 aromatic rings. The van der Waals surface area contributed by atoms with E-state index in [0.29, 0.717) is 6.04 Å². The molecule has 0 spiro atoms. The number of aryl methyl sites for hydroxylation is 1. The minimum absolute atomic E-state index is 0.587. The molecule has 2 unspecified atom stereocenters. The molecule has 1 N–H and O–H groups in total. The van der Waals surface area contributed by atoms with E-state index in [0.717, 1.165) is 28.8 Å². The third-order valence-corrected chi connectivity index (χ3v) is 4.56. The van der Waals surface area contributed by atoms with Gasteiger partial charge in [-0.05, 0) is 31.1 Å². The van der Waals surface area contributed by atoms with E-state index in [-0.39, 0.29) is 0 Å². The topological polar surface area (TPSA) is 55.6 Å². The molecule has 2 aromatic heterocycles. The highest BCUT2D eigenvalue weighted by Gasteiger charge is 2.39. The molecule has 0 amide bonds. The first-order valence-corrected chi connectivity index (χ1v) is 6.70. The zero-order chi connectivity index (χ0) is 12.1. The summed E-state index contributed by atoms with van der Waals surface area (Å²) in [4.78, 5) is 13.0. The van der Waals surface area contributed by atoms with E-state index in [1.165, 1.54) is 25.7 Å². The number of anilines is 1. The largest absolute Gasteiger partial charge is 0.365 e. The Bertz CT molecular complexity index is 590. The molecule has 2 aliphatic rings. The molecule has 0 aliphatic heterocycles. The Morgan fingerprint density at radius 1 is 1.22 bits per heavy atom. The van der Waals surface area contributed by atoms with Crippen LogP contribution in [0.4, 0.5) is 5.82 Å². The van der Waals surface area contributed by atoms with Gasteiger partial charge in [0.2, 0.25) is 0 Å². The lowest BCUT2D eigenvalue weighted by atomic mass is 9.95. The van der Waals surface area contributed by atoms with Gasteiger partial charge in [0.1, 0.15) is 11.8 Å². The van der Waals surface area contributed by atoms with Crippen LogP contribution in [0, 0.1) is 11.8 Å². The molecule has 0 aromatic carbocycles. The van der Waals surface area contributed by atoms with Crippen LogP contribution in [-0.4, -0.2) is 25.6 Å². The molecule has 94 valence electrons. The molecule has 2 aliphatic carbocycles. The Morgan fingerprint density at radius 3 is 2.94 bits per heavy atom. The molecular formula is C13H17N5. The number of nitrogens with zero attached hydrogens (tertiary/aromatic N) is 4. The highest BCUT2D eigenvalue weighted by Crippen LogP contribution is 2.45. The number of imidazole rings is 1. The lowest BCUT2D eigenvalue weighted by molar-refractivity contribution is 0.439. The number of hydrogen-bond donors (Lipinski definition) is 1. The fourth-order valence-electron chi connectivity index (χ4n) is 3.65. The first kappa shape index (κ1) is 10.3. The highest BCUT2D eigenvalue weighted by atomic mass is 15.1. The maximum Gasteiger partial charge on any atom is 0.165 e. The molecular weight excluding hydrogens is 226 g/mol. The van der Waals surface area contributed by atoms with E-state index in [2.05, 4.69) is 20.3 Å². The van der Waals surface area contributed by atoms with E-state index in [4.69, 9.17) is 0 Å². The van der Waals surface area contributed by atoms with Gasteiger partial charge in [0.15, 0.2) is 11.5 Å². The minimum atomic E-state index is 0.587. The van der Waals surface area contributed by atoms with Crippen molar-refractivity contribution in [3.05, 3.63) is 12.7 Å². The Hall–Kier alpha value is -1.65. The predicted molar refractivity (Wildman–Crippen MR) is 69.2 cm³/mol. The van der Waals surface area contributed by atoms with Gasteiger partial charge in [-0.3, -0.25) is 0 Å². The van der Waals surface area contributed by atoms with Gasteiger partial charge in [-0.2, -0.15) is 0 Å². The molecule has 5 nitrogen and oxygen atoms in total. The van der Waals surface area contributed by atoms with Crippen molar-refractivity contribution in [1.82, 2.24) is 19.5 Å². The monoisotopic (exact) mass is 243 g/mol. The Balaban J connectivity index is 1.67. The van der Waals surface area contributed by atoms with Gasteiger partial charge in [0, 0.05) is 13.1 Å². The molecule has 18 heavy (non-hydrogen) atoms. The summed E-state index contributed by atoms with van der Waals surface area (Å²) in [6, 6.07) is 0.587. The predicted octanol–water partition coefficient (Wildman–Crippen LogP) is 1.96. The lowest BCUT2D eigenvalue weighted by Gasteiger charge is -2.23. The number of hydrogen-bond acceptors (Lipinski definition) is 4. The summed E-state index contributed by atoms with van der Waals surface area (Å²) in [7, 11) is 1.96. The van der Waals surface area contributed by atoms with Crippen LogP contribution in [0.1, 0.15) is 25.7 Å². The van der Waals surface area contributed by atoms with Crippen LogP contribution >= 0.6 is 0 Å². The lowest BCUT2D eigenvalue weighted by Crippen LogP contribution is -2.26. The van der Waals surface area contributed by atoms with Crippen LogP contribution in [0.3, 0.4) is 0 Å². The van der Waals surface area contributed by atoms with Crippen molar-refractivity contribution in [1.29, 1.82) is 0 Å². The molecule has 2 fully saturated rings. The average Bonchev–Trinajstić information content (AvgIpc) is 3.06. The summed E-state index contributed by atoms with van der Waals surface area (Å²) in [5.74, 6) is 2.68. The van der Waals surface area contributed by atoms with Crippen LogP contribution in [0.5, 0.6) is 0 Å². The van der Waals surface area contributed by atoms with Gasteiger partial charge < -0.3 is 9.88 Å². The van der Waals surface area contributed by atoms with E-state index >= 15 is 0 Å². The summed E-state index contributed by atoms with van der Waals surface area (Å²) in [5, 5.41) is 3.60. The van der Waals surface area contributed by atoms with Gasteiger partial charge in [-0.15, -0.1) is 0 Å². The zero-order valence-corrected chi connectivity index (χ0v) is 10.5. The molecule has 5 heteroatoms. The highest BCUT2D eigenvalue weighted by molar-refractivity contribution is 5.82. The fourth-order valence-corrected chi connectivity index (χ4v) is 3.65. The van der Waals surface area contributed by atoms with Gasteiger partial charge in [0.25, 0.3) is 0 Å². The number of nitrogens with one attached hydrogen (secondary N) is 1. The third kappa shape index (κ3) is 1.43. The molecule has 2 heterocycles. The summed E-state index contributed by atoms with van der Waals surface area (Å²) in [6.07, 6.45) is 8.91. The number of rotatable bonds is 2. The Morgan fingerprint density at radius 2 is 2.17 bits per heavy atom. The van der Waals surface area contributed by atoms with Crippen molar-refractivity contribution < 1.29 is 0 Å². The summed E-state index contributed by atoms with van der Waals surface area (Å²) in [5.41, 5.74) is 1.79. The van der Waals surface area contributed by atoms with E-state index in [1.54, 1.807) is 12.7 Å². The maximum atomic E-state index is 4.40. The molecule has 3 atom stereocenters.